The van der Waals surface area contributed by atoms with Gasteiger partial charge in [0.15, 0.2) is 5.82 Å². The molecule has 0 fully saturated rings. The van der Waals surface area contributed by atoms with Gasteiger partial charge in [-0.3, -0.25) is 0 Å². The Balaban J connectivity index is 2.52. The van der Waals surface area contributed by atoms with Gasteiger partial charge in [-0.05, 0) is 12.1 Å². The highest BCUT2D eigenvalue weighted by atomic mass is 35.5. The van der Waals surface area contributed by atoms with Crippen LogP contribution < -0.4 is 0 Å². The van der Waals surface area contributed by atoms with Crippen molar-refractivity contribution in [2.24, 2.45) is 0 Å². The van der Waals surface area contributed by atoms with Gasteiger partial charge in [-0.15, -0.1) is 5.10 Å². The fraction of sp³-hybridized carbons (Fsp3) is 0. The van der Waals surface area contributed by atoms with Gasteiger partial charge in [0.1, 0.15) is 10.7 Å². The molecule has 0 saturated heterocycles. The summed E-state index contributed by atoms with van der Waals surface area (Å²) in [7, 11) is 0. The zero-order chi connectivity index (χ0) is 10.8. The molecule has 0 aliphatic heterocycles. The van der Waals surface area contributed by atoms with E-state index in [-0.39, 0.29) is 10.7 Å². The Morgan fingerprint density at radius 1 is 1.53 bits per heavy atom. The number of rotatable bonds is 2. The Morgan fingerprint density at radius 3 is 2.87 bits per heavy atom. The number of carboxylic acids is 1. The third-order valence-electron chi connectivity index (χ3n) is 1.72. The summed E-state index contributed by atoms with van der Waals surface area (Å²) in [5.41, 5.74) is -0.0673. The Hall–Kier alpha value is -1.95. The predicted octanol–water partition coefficient (Wildman–Crippen LogP) is 1.01. The van der Waals surface area contributed by atoms with Crippen LogP contribution in [-0.4, -0.2) is 31.1 Å². The molecule has 0 radical (unpaired) electrons. The molecule has 2 rings (SSSR count). The molecule has 0 bridgehead atoms. The molecule has 2 aromatic rings. The molecule has 2 aromatic heterocycles. The van der Waals surface area contributed by atoms with E-state index in [0.29, 0.717) is 5.82 Å². The van der Waals surface area contributed by atoms with Crippen LogP contribution in [0.2, 0.25) is 5.15 Å². The maximum absolute atomic E-state index is 10.7. The van der Waals surface area contributed by atoms with Crippen molar-refractivity contribution in [3.63, 3.8) is 0 Å². The van der Waals surface area contributed by atoms with Crippen LogP contribution in [0.25, 0.3) is 5.82 Å². The topological polar surface area (TPSA) is 80.9 Å². The van der Waals surface area contributed by atoms with Crippen molar-refractivity contribution >= 4 is 17.6 Å². The van der Waals surface area contributed by atoms with Crippen LogP contribution in [0.5, 0.6) is 0 Å². The van der Waals surface area contributed by atoms with Gasteiger partial charge in [-0.25, -0.2) is 9.48 Å². The van der Waals surface area contributed by atoms with Crippen molar-refractivity contribution in [1.29, 1.82) is 0 Å². The summed E-state index contributed by atoms with van der Waals surface area (Å²) in [6.45, 7) is 0. The van der Waals surface area contributed by atoms with Crippen molar-refractivity contribution in [3.05, 3.63) is 35.2 Å². The van der Waals surface area contributed by atoms with Gasteiger partial charge in [0.25, 0.3) is 0 Å². The number of hydrogen-bond donors (Lipinski definition) is 1. The van der Waals surface area contributed by atoms with Crippen LogP contribution >= 0.6 is 11.6 Å². The number of carboxylic acid groups (broad SMARTS) is 1. The summed E-state index contributed by atoms with van der Waals surface area (Å²) in [4.78, 5) is 10.7. The highest BCUT2D eigenvalue weighted by Crippen LogP contribution is 2.18. The number of aromatic nitrogens is 4. The fourth-order valence-corrected chi connectivity index (χ4v) is 1.30. The molecule has 1 N–H and O–H groups in total. The molecule has 76 valence electrons. The molecule has 2 heterocycles. The lowest BCUT2D eigenvalue weighted by Gasteiger charge is -1.99. The highest BCUT2D eigenvalue weighted by molar-refractivity contribution is 6.32. The second-order valence-electron chi connectivity index (χ2n) is 2.65. The standard InChI is InChI=1S/C8H5ClN4O2/c9-7-5(8(14)15)4-11-13(7)6-2-1-3-10-12-6/h1-4H,(H,14,15). The van der Waals surface area contributed by atoms with E-state index >= 15 is 0 Å². The van der Waals surface area contributed by atoms with Crippen LogP contribution in [0.4, 0.5) is 0 Å². The van der Waals surface area contributed by atoms with E-state index in [1.807, 2.05) is 0 Å². The van der Waals surface area contributed by atoms with Crippen molar-refractivity contribution < 1.29 is 9.90 Å². The zero-order valence-corrected chi connectivity index (χ0v) is 8.09. The minimum absolute atomic E-state index is 0.00278. The van der Waals surface area contributed by atoms with Crippen LogP contribution in [0.15, 0.2) is 24.5 Å². The summed E-state index contributed by atoms with van der Waals surface area (Å²) >= 11 is 5.81. The van der Waals surface area contributed by atoms with Crippen molar-refractivity contribution in [2.45, 2.75) is 0 Å². The lowest BCUT2D eigenvalue weighted by atomic mass is 10.4. The van der Waals surface area contributed by atoms with E-state index in [2.05, 4.69) is 15.3 Å². The highest BCUT2D eigenvalue weighted by Gasteiger charge is 2.16. The molecule has 0 aliphatic rings. The molecule has 0 aliphatic carbocycles. The molecular weight excluding hydrogens is 220 g/mol. The maximum atomic E-state index is 10.7. The fourth-order valence-electron chi connectivity index (χ4n) is 1.04. The Kier molecular flexibility index (Phi) is 2.34. The third-order valence-corrected chi connectivity index (χ3v) is 2.08. The molecule has 6 nitrogen and oxygen atoms in total. The summed E-state index contributed by atoms with van der Waals surface area (Å²) in [5, 5.41) is 20.0. The first-order valence-electron chi connectivity index (χ1n) is 3.95. The summed E-state index contributed by atoms with van der Waals surface area (Å²) < 4.78 is 1.21. The second-order valence-corrected chi connectivity index (χ2v) is 3.01. The summed E-state index contributed by atoms with van der Waals surface area (Å²) in [6, 6.07) is 3.28. The van der Waals surface area contributed by atoms with Crippen molar-refractivity contribution in [3.8, 4) is 5.82 Å². The predicted molar refractivity (Wildman–Crippen MR) is 51.1 cm³/mol. The minimum atomic E-state index is -1.13. The Morgan fingerprint density at radius 2 is 2.33 bits per heavy atom. The SMILES string of the molecule is O=C(O)c1cnn(-c2cccnn2)c1Cl. The smallest absolute Gasteiger partial charge is 0.340 e. The molecular formula is C8H5ClN4O2. The number of carbonyl (C=O) groups is 1. The first-order chi connectivity index (χ1) is 7.20. The molecule has 0 amide bonds. The van der Waals surface area contributed by atoms with Crippen LogP contribution in [-0.2, 0) is 0 Å². The second kappa shape index (κ2) is 3.66. The van der Waals surface area contributed by atoms with Gasteiger partial charge in [0.2, 0.25) is 0 Å². The molecule has 0 aromatic carbocycles. The van der Waals surface area contributed by atoms with E-state index < -0.39 is 5.97 Å². The normalized spacial score (nSPS) is 10.2. The quantitative estimate of drug-likeness (QED) is 0.824. The minimum Gasteiger partial charge on any atom is -0.478 e. The Labute approximate surface area is 89.1 Å². The van der Waals surface area contributed by atoms with Gasteiger partial charge < -0.3 is 5.11 Å². The number of hydrogen-bond acceptors (Lipinski definition) is 4. The average Bonchev–Trinajstić information content (AvgIpc) is 2.61. The largest absolute Gasteiger partial charge is 0.478 e. The Bertz CT molecular complexity index is 497. The van der Waals surface area contributed by atoms with Crippen molar-refractivity contribution in [2.75, 3.05) is 0 Å². The number of halogens is 1. The molecule has 15 heavy (non-hydrogen) atoms. The molecule has 0 saturated carbocycles. The van der Waals surface area contributed by atoms with E-state index in [1.165, 1.54) is 17.1 Å². The van der Waals surface area contributed by atoms with Crippen LogP contribution in [0.3, 0.4) is 0 Å². The first kappa shape index (κ1) is 9.60. The van der Waals surface area contributed by atoms with Gasteiger partial charge in [-0.2, -0.15) is 10.2 Å². The van der Waals surface area contributed by atoms with Gasteiger partial charge >= 0.3 is 5.97 Å². The maximum Gasteiger partial charge on any atom is 0.340 e. The van der Waals surface area contributed by atoms with Gasteiger partial charge in [0, 0.05) is 6.20 Å². The summed E-state index contributed by atoms with van der Waals surface area (Å²) in [6.07, 6.45) is 2.67. The van der Waals surface area contributed by atoms with Crippen molar-refractivity contribution in [1.82, 2.24) is 20.0 Å². The van der Waals surface area contributed by atoms with Crippen LogP contribution in [0, 0.1) is 0 Å². The first-order valence-corrected chi connectivity index (χ1v) is 4.33. The van der Waals surface area contributed by atoms with Crippen LogP contribution in [0.1, 0.15) is 10.4 Å². The van der Waals surface area contributed by atoms with E-state index in [1.54, 1.807) is 12.1 Å². The number of aromatic carboxylic acids is 1. The van der Waals surface area contributed by atoms with Gasteiger partial charge in [0.05, 0.1) is 6.20 Å². The molecule has 0 spiro atoms. The van der Waals surface area contributed by atoms with Gasteiger partial charge in [-0.1, -0.05) is 11.6 Å². The number of nitrogens with zero attached hydrogens (tertiary/aromatic N) is 4. The van der Waals surface area contributed by atoms with E-state index in [9.17, 15) is 4.79 Å². The van der Waals surface area contributed by atoms with E-state index in [4.69, 9.17) is 16.7 Å². The average molecular weight is 225 g/mol. The van der Waals surface area contributed by atoms with E-state index in [0.717, 1.165) is 0 Å². The third kappa shape index (κ3) is 1.66. The lowest BCUT2D eigenvalue weighted by molar-refractivity contribution is 0.0697. The molecule has 0 atom stereocenters. The summed E-state index contributed by atoms with van der Waals surface area (Å²) in [5.74, 6) is -0.759. The zero-order valence-electron chi connectivity index (χ0n) is 7.33. The lowest BCUT2D eigenvalue weighted by Crippen LogP contribution is -2.01. The molecule has 0 unspecified atom stereocenters. The monoisotopic (exact) mass is 224 g/mol. The molecule has 7 heteroatoms.